The number of methoxy groups -OCH3 is 2. The summed E-state index contributed by atoms with van der Waals surface area (Å²) in [7, 11) is 5.42. The Morgan fingerprint density at radius 3 is 2.82 bits per heavy atom. The normalized spacial score (nSPS) is 14.1. The summed E-state index contributed by atoms with van der Waals surface area (Å²) in [4.78, 5) is 7.03. The van der Waals surface area contributed by atoms with Crippen molar-refractivity contribution in [3.05, 3.63) is 34.9 Å². The van der Waals surface area contributed by atoms with Gasteiger partial charge < -0.3 is 25.4 Å². The Morgan fingerprint density at radius 1 is 1.21 bits per heavy atom. The van der Waals surface area contributed by atoms with Gasteiger partial charge in [-0.1, -0.05) is 6.07 Å². The van der Waals surface area contributed by atoms with Crippen molar-refractivity contribution >= 4 is 22.7 Å². The molecule has 0 radical (unpaired) electrons. The molecule has 8 heteroatoms. The average molecular weight is 382 g/mol. The second-order valence-corrected chi connectivity index (χ2v) is 7.11. The second kappa shape index (κ2) is 7.55. The van der Waals surface area contributed by atoms with E-state index in [0.717, 1.165) is 55.2 Å². The van der Waals surface area contributed by atoms with E-state index in [1.807, 2.05) is 12.1 Å². The van der Waals surface area contributed by atoms with Gasteiger partial charge in [-0.3, -0.25) is 5.10 Å². The van der Waals surface area contributed by atoms with Crippen LogP contribution in [0, 0.1) is 0 Å². The Balaban J connectivity index is 1.56. The Morgan fingerprint density at radius 2 is 2.04 bits per heavy atom. The van der Waals surface area contributed by atoms with E-state index in [2.05, 4.69) is 33.5 Å². The van der Waals surface area contributed by atoms with Gasteiger partial charge in [0.1, 0.15) is 11.6 Å². The second-order valence-electron chi connectivity index (χ2n) is 7.11. The number of nitrogens with zero attached hydrogens (tertiary/aromatic N) is 3. The van der Waals surface area contributed by atoms with Gasteiger partial charge in [-0.25, -0.2) is 4.98 Å². The van der Waals surface area contributed by atoms with Crippen LogP contribution in [-0.2, 0) is 19.4 Å². The van der Waals surface area contributed by atoms with Crippen molar-refractivity contribution in [3.8, 4) is 11.5 Å². The average Bonchev–Trinajstić information content (AvgIpc) is 3.08. The maximum atomic E-state index is 6.10. The molecule has 3 aromatic rings. The number of nitrogen functional groups attached to an aromatic ring is 1. The van der Waals surface area contributed by atoms with Crippen molar-refractivity contribution < 1.29 is 9.47 Å². The van der Waals surface area contributed by atoms with Crippen LogP contribution >= 0.6 is 0 Å². The largest absolute Gasteiger partial charge is 0.493 e. The molecule has 4 N–H and O–H groups in total. The highest BCUT2D eigenvalue weighted by atomic mass is 16.5. The number of hydrogen-bond donors (Lipinski definition) is 3. The summed E-state index contributed by atoms with van der Waals surface area (Å²) < 4.78 is 10.7. The lowest BCUT2D eigenvalue weighted by Gasteiger charge is -2.27. The number of H-pyrrole nitrogens is 1. The van der Waals surface area contributed by atoms with E-state index in [9.17, 15) is 0 Å². The van der Waals surface area contributed by atoms with Crippen LogP contribution in [0.15, 0.2) is 18.2 Å². The van der Waals surface area contributed by atoms with E-state index < -0.39 is 0 Å². The van der Waals surface area contributed by atoms with E-state index in [0.29, 0.717) is 11.5 Å². The highest BCUT2D eigenvalue weighted by Gasteiger charge is 2.23. The van der Waals surface area contributed by atoms with Gasteiger partial charge in [-0.2, -0.15) is 5.10 Å². The van der Waals surface area contributed by atoms with Crippen LogP contribution < -0.4 is 20.5 Å². The summed E-state index contributed by atoms with van der Waals surface area (Å²) in [5.41, 5.74) is 10.4. The molecule has 0 saturated carbocycles. The van der Waals surface area contributed by atoms with Gasteiger partial charge in [0.05, 0.1) is 19.6 Å². The molecule has 0 fully saturated rings. The molecule has 1 aliphatic rings. The molecule has 2 aromatic heterocycles. The zero-order chi connectivity index (χ0) is 19.7. The van der Waals surface area contributed by atoms with Gasteiger partial charge in [0.15, 0.2) is 17.1 Å². The predicted octanol–water partition coefficient (Wildman–Crippen LogP) is 2.20. The molecule has 0 spiro atoms. The molecule has 1 aliphatic heterocycles. The minimum Gasteiger partial charge on any atom is -0.493 e. The molecule has 1 aromatic carbocycles. The van der Waals surface area contributed by atoms with Gasteiger partial charge in [0.25, 0.3) is 0 Å². The molecule has 0 unspecified atom stereocenters. The molecule has 0 bridgehead atoms. The minimum absolute atomic E-state index is 0.597. The summed E-state index contributed by atoms with van der Waals surface area (Å²) in [6, 6.07) is 5.99. The maximum absolute atomic E-state index is 6.10. The first-order valence-corrected chi connectivity index (χ1v) is 9.39. The summed E-state index contributed by atoms with van der Waals surface area (Å²) in [6.07, 6.45) is 1.78. The number of pyridine rings is 1. The number of aromatic nitrogens is 3. The van der Waals surface area contributed by atoms with Gasteiger partial charge in [-0.05, 0) is 43.1 Å². The Hall–Kier alpha value is -3.00. The van der Waals surface area contributed by atoms with Crippen LogP contribution in [0.4, 0.5) is 11.6 Å². The summed E-state index contributed by atoms with van der Waals surface area (Å²) >= 11 is 0. The first kappa shape index (κ1) is 18.4. The third-order valence-electron chi connectivity index (χ3n) is 5.27. The highest BCUT2D eigenvalue weighted by Crippen LogP contribution is 2.33. The first-order valence-electron chi connectivity index (χ1n) is 9.39. The van der Waals surface area contributed by atoms with E-state index >= 15 is 0 Å². The van der Waals surface area contributed by atoms with E-state index in [1.54, 1.807) is 14.2 Å². The lowest BCUT2D eigenvalue weighted by molar-refractivity contribution is 0.314. The molecule has 148 valence electrons. The number of hydrogen-bond acceptors (Lipinski definition) is 7. The number of aromatic amines is 1. The Labute approximate surface area is 164 Å². The molecular weight excluding hydrogens is 356 g/mol. The fourth-order valence-electron chi connectivity index (χ4n) is 3.80. The van der Waals surface area contributed by atoms with Gasteiger partial charge in [0, 0.05) is 25.2 Å². The molecule has 28 heavy (non-hydrogen) atoms. The first-order chi connectivity index (χ1) is 13.6. The van der Waals surface area contributed by atoms with Crippen LogP contribution in [0.2, 0.25) is 0 Å². The van der Waals surface area contributed by atoms with Crippen LogP contribution in [0.3, 0.4) is 0 Å². The minimum atomic E-state index is 0.597. The Kier molecular flexibility index (Phi) is 4.95. The van der Waals surface area contributed by atoms with Crippen molar-refractivity contribution in [2.75, 3.05) is 45.4 Å². The summed E-state index contributed by atoms with van der Waals surface area (Å²) in [5.74, 6) is 2.96. The quantitative estimate of drug-likeness (QED) is 0.601. The molecule has 0 atom stereocenters. The van der Waals surface area contributed by atoms with Crippen molar-refractivity contribution in [1.29, 1.82) is 0 Å². The topological polar surface area (TPSA) is 101 Å². The van der Waals surface area contributed by atoms with Crippen LogP contribution in [-0.4, -0.2) is 54.4 Å². The van der Waals surface area contributed by atoms with Gasteiger partial charge >= 0.3 is 0 Å². The molecule has 8 nitrogen and oxygen atoms in total. The monoisotopic (exact) mass is 382 g/mol. The smallest absolute Gasteiger partial charge is 0.185 e. The number of benzene rings is 1. The molecule has 3 heterocycles. The number of rotatable bonds is 6. The van der Waals surface area contributed by atoms with E-state index in [4.69, 9.17) is 20.2 Å². The standard InChI is InChI=1S/C20H26N6O2/c1-26-9-7-13-14(11-26)19(23-20-17(13)18(21)24-25-20)22-8-6-12-4-5-15(27-2)16(10-12)28-3/h4-5,10H,6-9,11H2,1-3H3,(H4,21,22,23,24,25). The predicted molar refractivity (Wildman–Crippen MR) is 110 cm³/mol. The molecule has 0 amide bonds. The van der Waals surface area contributed by atoms with Gasteiger partial charge in [0.2, 0.25) is 0 Å². The number of ether oxygens (including phenoxy) is 2. The van der Waals surface area contributed by atoms with Crippen LogP contribution in [0.5, 0.6) is 11.5 Å². The highest BCUT2D eigenvalue weighted by molar-refractivity contribution is 5.92. The molecule has 0 saturated heterocycles. The number of likely N-dealkylation sites (N-methyl/N-ethyl adjacent to an activating group) is 1. The zero-order valence-electron chi connectivity index (χ0n) is 16.5. The third kappa shape index (κ3) is 3.31. The third-order valence-corrected chi connectivity index (χ3v) is 5.27. The SMILES string of the molecule is COc1ccc(CCNc2nc3n[nH]c(N)c3c3c2CN(C)CC3)cc1OC. The number of anilines is 2. The van der Waals surface area contributed by atoms with Crippen molar-refractivity contribution in [3.63, 3.8) is 0 Å². The van der Waals surface area contributed by atoms with Crippen LogP contribution in [0.1, 0.15) is 16.7 Å². The van der Waals surface area contributed by atoms with Crippen molar-refractivity contribution in [1.82, 2.24) is 20.1 Å². The fourth-order valence-corrected chi connectivity index (χ4v) is 3.80. The number of nitrogens with one attached hydrogen (secondary N) is 2. The fraction of sp³-hybridized carbons (Fsp3) is 0.400. The zero-order valence-corrected chi connectivity index (χ0v) is 16.5. The number of nitrogens with two attached hydrogens (primary N) is 1. The van der Waals surface area contributed by atoms with Crippen molar-refractivity contribution in [2.24, 2.45) is 0 Å². The van der Waals surface area contributed by atoms with Crippen LogP contribution in [0.25, 0.3) is 11.0 Å². The maximum Gasteiger partial charge on any atom is 0.185 e. The van der Waals surface area contributed by atoms with Gasteiger partial charge in [-0.15, -0.1) is 0 Å². The molecule has 4 rings (SSSR count). The lowest BCUT2D eigenvalue weighted by Crippen LogP contribution is -2.28. The lowest BCUT2D eigenvalue weighted by atomic mass is 9.97. The Bertz CT molecular complexity index is 1000. The molecular formula is C20H26N6O2. The number of fused-ring (bicyclic) bond motifs is 3. The van der Waals surface area contributed by atoms with E-state index in [-0.39, 0.29) is 0 Å². The summed E-state index contributed by atoms with van der Waals surface area (Å²) in [6.45, 7) is 2.60. The molecule has 0 aliphatic carbocycles. The van der Waals surface area contributed by atoms with E-state index in [1.165, 1.54) is 16.7 Å². The summed E-state index contributed by atoms with van der Waals surface area (Å²) in [5, 5.41) is 11.6. The van der Waals surface area contributed by atoms with Crippen molar-refractivity contribution in [2.45, 2.75) is 19.4 Å².